The summed E-state index contributed by atoms with van der Waals surface area (Å²) in [5, 5.41) is 6.89. The molecule has 1 aromatic heterocycles. The van der Waals surface area contributed by atoms with E-state index in [1.807, 2.05) is 0 Å². The molecular formula is C11H13BrN4O2. The van der Waals surface area contributed by atoms with Crippen molar-refractivity contribution in [1.29, 1.82) is 0 Å². The highest BCUT2D eigenvalue weighted by atomic mass is 79.9. The molecule has 1 rings (SSSR count). The number of halogens is 1. The lowest BCUT2D eigenvalue weighted by molar-refractivity contribution is -0.118. The Hall–Kier alpha value is -1.81. The van der Waals surface area contributed by atoms with Crippen LogP contribution in [0.2, 0.25) is 0 Å². The van der Waals surface area contributed by atoms with E-state index in [1.54, 1.807) is 6.92 Å². The number of hydrogen-bond donors (Lipinski definition) is 2. The molecule has 96 valence electrons. The standard InChI is InChI=1S/C11H13BrN4O2/c1-3-4-16-11(18)10(12)8(6-14-16)15-7(2)5-9(13)17/h1,6-7,15H,4-5H2,2H3,(H2,13,17). The molecule has 0 aliphatic carbocycles. The summed E-state index contributed by atoms with van der Waals surface area (Å²) in [6.45, 7) is 1.89. The lowest BCUT2D eigenvalue weighted by Crippen LogP contribution is -2.28. The molecule has 3 N–H and O–H groups in total. The van der Waals surface area contributed by atoms with E-state index >= 15 is 0 Å². The van der Waals surface area contributed by atoms with Gasteiger partial charge in [0, 0.05) is 12.5 Å². The number of rotatable bonds is 5. The van der Waals surface area contributed by atoms with Crippen LogP contribution in [0.25, 0.3) is 0 Å². The minimum atomic E-state index is -0.417. The fraction of sp³-hybridized carbons (Fsp3) is 0.364. The summed E-state index contributed by atoms with van der Waals surface area (Å²) in [7, 11) is 0. The first-order valence-corrected chi connectivity index (χ1v) is 5.99. The molecule has 18 heavy (non-hydrogen) atoms. The zero-order valence-electron chi connectivity index (χ0n) is 9.81. The number of nitrogens with one attached hydrogen (secondary N) is 1. The van der Waals surface area contributed by atoms with Crippen molar-refractivity contribution in [2.45, 2.75) is 25.9 Å². The number of aromatic nitrogens is 2. The summed E-state index contributed by atoms with van der Waals surface area (Å²) < 4.78 is 1.48. The van der Waals surface area contributed by atoms with E-state index in [9.17, 15) is 9.59 Å². The van der Waals surface area contributed by atoms with Gasteiger partial charge in [0.2, 0.25) is 5.91 Å². The fourth-order valence-electron chi connectivity index (χ4n) is 1.38. The maximum Gasteiger partial charge on any atom is 0.284 e. The molecule has 0 fully saturated rings. The zero-order valence-corrected chi connectivity index (χ0v) is 11.4. The molecule has 1 heterocycles. The number of nitrogens with zero attached hydrogens (tertiary/aromatic N) is 2. The topological polar surface area (TPSA) is 90.0 Å². The van der Waals surface area contributed by atoms with E-state index in [-0.39, 0.29) is 24.6 Å². The highest BCUT2D eigenvalue weighted by Gasteiger charge is 2.12. The Morgan fingerprint density at radius 1 is 1.78 bits per heavy atom. The van der Waals surface area contributed by atoms with Gasteiger partial charge < -0.3 is 11.1 Å². The van der Waals surface area contributed by atoms with Crippen molar-refractivity contribution in [3.05, 3.63) is 21.0 Å². The smallest absolute Gasteiger partial charge is 0.284 e. The van der Waals surface area contributed by atoms with Crippen molar-refractivity contribution < 1.29 is 4.79 Å². The largest absolute Gasteiger partial charge is 0.380 e. The average Bonchev–Trinajstić information content (AvgIpc) is 2.28. The van der Waals surface area contributed by atoms with Gasteiger partial charge in [0.25, 0.3) is 5.56 Å². The van der Waals surface area contributed by atoms with E-state index in [0.717, 1.165) is 4.68 Å². The number of terminal acetylenes is 1. The normalized spacial score (nSPS) is 11.6. The third-order valence-corrected chi connectivity index (χ3v) is 2.90. The van der Waals surface area contributed by atoms with E-state index in [2.05, 4.69) is 32.3 Å². The molecule has 0 bridgehead atoms. The summed E-state index contributed by atoms with van der Waals surface area (Å²) >= 11 is 3.18. The van der Waals surface area contributed by atoms with Crippen molar-refractivity contribution in [3.63, 3.8) is 0 Å². The Morgan fingerprint density at radius 3 is 3.00 bits per heavy atom. The van der Waals surface area contributed by atoms with Crippen LogP contribution in [0.5, 0.6) is 0 Å². The molecule has 0 radical (unpaired) electrons. The molecular weight excluding hydrogens is 300 g/mol. The zero-order chi connectivity index (χ0) is 13.7. The fourth-order valence-corrected chi connectivity index (χ4v) is 1.80. The lowest BCUT2D eigenvalue weighted by Gasteiger charge is -2.14. The van der Waals surface area contributed by atoms with E-state index in [0.29, 0.717) is 10.2 Å². The van der Waals surface area contributed by atoms with Crippen LogP contribution in [0.1, 0.15) is 13.3 Å². The highest BCUT2D eigenvalue weighted by molar-refractivity contribution is 9.10. The second-order valence-electron chi connectivity index (χ2n) is 3.75. The molecule has 7 heteroatoms. The number of nitrogens with two attached hydrogens (primary N) is 1. The summed E-state index contributed by atoms with van der Waals surface area (Å²) in [5.41, 5.74) is 5.26. The van der Waals surface area contributed by atoms with Gasteiger partial charge in [0.05, 0.1) is 11.9 Å². The summed E-state index contributed by atoms with van der Waals surface area (Å²) in [6, 6.07) is -0.191. The van der Waals surface area contributed by atoms with Gasteiger partial charge in [-0.25, -0.2) is 4.68 Å². The van der Waals surface area contributed by atoms with Crippen LogP contribution in [-0.4, -0.2) is 21.7 Å². The summed E-state index contributed by atoms with van der Waals surface area (Å²) in [6.07, 6.45) is 6.76. The SMILES string of the molecule is C#CCn1ncc(NC(C)CC(N)=O)c(Br)c1=O. The maximum atomic E-state index is 11.8. The Bertz CT molecular complexity index is 547. The van der Waals surface area contributed by atoms with Crippen LogP contribution in [0, 0.1) is 12.3 Å². The number of primary amides is 1. The number of carbonyl (C=O) groups is 1. The molecule has 1 atom stereocenters. The first kappa shape index (κ1) is 14.3. The van der Waals surface area contributed by atoms with Gasteiger partial charge in [-0.3, -0.25) is 9.59 Å². The van der Waals surface area contributed by atoms with Crippen molar-refractivity contribution in [3.8, 4) is 12.3 Å². The molecule has 0 saturated carbocycles. The second-order valence-corrected chi connectivity index (χ2v) is 4.55. The van der Waals surface area contributed by atoms with Crippen molar-refractivity contribution in [2.75, 3.05) is 5.32 Å². The lowest BCUT2D eigenvalue weighted by atomic mass is 10.2. The molecule has 0 saturated heterocycles. The van der Waals surface area contributed by atoms with Gasteiger partial charge in [-0.2, -0.15) is 5.10 Å². The van der Waals surface area contributed by atoms with E-state index in [4.69, 9.17) is 12.2 Å². The molecule has 1 amide bonds. The van der Waals surface area contributed by atoms with Crippen molar-refractivity contribution >= 4 is 27.5 Å². The molecule has 6 nitrogen and oxygen atoms in total. The minimum absolute atomic E-state index is 0.106. The van der Waals surface area contributed by atoms with Gasteiger partial charge in [-0.15, -0.1) is 6.42 Å². The van der Waals surface area contributed by atoms with Crippen LogP contribution in [0.4, 0.5) is 5.69 Å². The maximum absolute atomic E-state index is 11.8. The monoisotopic (exact) mass is 312 g/mol. The molecule has 0 spiro atoms. The molecule has 0 aliphatic heterocycles. The predicted molar refractivity (Wildman–Crippen MR) is 71.9 cm³/mol. The van der Waals surface area contributed by atoms with Gasteiger partial charge >= 0.3 is 0 Å². The predicted octanol–water partition coefficient (Wildman–Crippen LogP) is 0.315. The van der Waals surface area contributed by atoms with Crippen LogP contribution in [-0.2, 0) is 11.3 Å². The average molecular weight is 313 g/mol. The van der Waals surface area contributed by atoms with Gasteiger partial charge in [0.15, 0.2) is 0 Å². The Balaban J connectivity index is 2.93. The number of amides is 1. The van der Waals surface area contributed by atoms with E-state index < -0.39 is 5.91 Å². The van der Waals surface area contributed by atoms with Crippen molar-refractivity contribution in [1.82, 2.24) is 9.78 Å². The van der Waals surface area contributed by atoms with Gasteiger partial charge in [-0.1, -0.05) is 5.92 Å². The van der Waals surface area contributed by atoms with Gasteiger partial charge in [0.1, 0.15) is 11.0 Å². The van der Waals surface area contributed by atoms with Gasteiger partial charge in [-0.05, 0) is 22.9 Å². The molecule has 0 aromatic carbocycles. The number of anilines is 1. The van der Waals surface area contributed by atoms with Crippen LogP contribution < -0.4 is 16.6 Å². The van der Waals surface area contributed by atoms with E-state index in [1.165, 1.54) is 6.20 Å². The minimum Gasteiger partial charge on any atom is -0.380 e. The third-order valence-electron chi connectivity index (χ3n) is 2.14. The first-order chi connectivity index (χ1) is 8.45. The molecule has 1 aromatic rings. The number of carbonyl (C=O) groups excluding carboxylic acids is 1. The third kappa shape index (κ3) is 3.60. The highest BCUT2D eigenvalue weighted by Crippen LogP contribution is 2.17. The second kappa shape index (κ2) is 6.21. The quantitative estimate of drug-likeness (QED) is 0.766. The first-order valence-electron chi connectivity index (χ1n) is 5.19. The Morgan fingerprint density at radius 2 is 2.44 bits per heavy atom. The van der Waals surface area contributed by atoms with Crippen LogP contribution in [0.15, 0.2) is 15.5 Å². The van der Waals surface area contributed by atoms with Crippen molar-refractivity contribution in [2.24, 2.45) is 5.73 Å². The summed E-state index contributed by atoms with van der Waals surface area (Å²) in [4.78, 5) is 22.6. The van der Waals surface area contributed by atoms with Crippen LogP contribution in [0.3, 0.4) is 0 Å². The Labute approximate surface area is 113 Å². The Kier molecular flexibility index (Phi) is 4.92. The molecule has 1 unspecified atom stereocenters. The summed E-state index contributed by atoms with van der Waals surface area (Å²) in [5.74, 6) is 1.92. The number of hydrogen-bond acceptors (Lipinski definition) is 4. The van der Waals surface area contributed by atoms with Crippen LogP contribution >= 0.6 is 15.9 Å². The molecule has 0 aliphatic rings.